The minimum Gasteiger partial charge on any atom is -0.338 e. The second-order valence-electron chi connectivity index (χ2n) is 7.66. The van der Waals surface area contributed by atoms with Gasteiger partial charge in [0.05, 0.1) is 5.69 Å². The molecule has 2 aromatic rings. The first-order chi connectivity index (χ1) is 12.9. The van der Waals surface area contributed by atoms with E-state index in [-0.39, 0.29) is 24.8 Å². The standard InChI is InChI=1S/C20H23F2N3O2/c1-12-9-18(27-25-12)24-19(26)14-4-2-3-13(10-14)16-11-17(16)23-15-5-7-20(21,22)8-6-15/h2-4,9-10,15-17,23H,5-8,11H2,1H3,(H,24,26)/t16-,17+/m0/s1. The number of hydrogen-bond acceptors (Lipinski definition) is 4. The molecule has 4 rings (SSSR count). The smallest absolute Gasteiger partial charge is 0.258 e. The van der Waals surface area contributed by atoms with Crippen molar-refractivity contribution in [3.05, 3.63) is 47.2 Å². The van der Waals surface area contributed by atoms with Crippen molar-refractivity contribution in [2.75, 3.05) is 5.32 Å². The maximum atomic E-state index is 13.3. The van der Waals surface area contributed by atoms with Crippen LogP contribution in [0.1, 0.15) is 59.6 Å². The van der Waals surface area contributed by atoms with Crippen LogP contribution in [0, 0.1) is 6.92 Å². The second-order valence-corrected chi connectivity index (χ2v) is 7.66. The fourth-order valence-corrected chi connectivity index (χ4v) is 3.77. The zero-order chi connectivity index (χ0) is 19.0. The molecule has 2 fully saturated rings. The molecule has 0 aliphatic heterocycles. The minimum atomic E-state index is -2.50. The molecule has 1 amide bonds. The molecule has 2 saturated carbocycles. The van der Waals surface area contributed by atoms with E-state index in [1.807, 2.05) is 18.2 Å². The van der Waals surface area contributed by atoms with Gasteiger partial charge in [-0.05, 0) is 43.9 Å². The summed E-state index contributed by atoms with van der Waals surface area (Å²) in [7, 11) is 0. The molecule has 2 atom stereocenters. The van der Waals surface area contributed by atoms with Gasteiger partial charge in [-0.15, -0.1) is 0 Å². The monoisotopic (exact) mass is 375 g/mol. The highest BCUT2D eigenvalue weighted by molar-refractivity contribution is 6.03. The van der Waals surface area contributed by atoms with Crippen LogP contribution in [0.4, 0.5) is 14.7 Å². The van der Waals surface area contributed by atoms with Crippen molar-refractivity contribution in [1.29, 1.82) is 0 Å². The lowest BCUT2D eigenvalue weighted by Crippen LogP contribution is -2.38. The Balaban J connectivity index is 1.34. The predicted molar refractivity (Wildman–Crippen MR) is 97.1 cm³/mol. The maximum Gasteiger partial charge on any atom is 0.258 e. The summed E-state index contributed by atoms with van der Waals surface area (Å²) in [6.07, 6.45) is 1.96. The molecule has 0 saturated heterocycles. The Morgan fingerprint density at radius 2 is 2.04 bits per heavy atom. The number of amides is 1. The lowest BCUT2D eigenvalue weighted by Gasteiger charge is -2.29. The van der Waals surface area contributed by atoms with Crippen LogP contribution in [-0.2, 0) is 0 Å². The lowest BCUT2D eigenvalue weighted by atomic mass is 9.92. The van der Waals surface area contributed by atoms with Crippen LogP contribution in [0.3, 0.4) is 0 Å². The summed E-state index contributed by atoms with van der Waals surface area (Å²) < 4.78 is 31.6. The molecule has 2 aliphatic rings. The highest BCUT2D eigenvalue weighted by Gasteiger charge is 2.42. The number of alkyl halides is 2. The number of benzene rings is 1. The summed E-state index contributed by atoms with van der Waals surface area (Å²) >= 11 is 0. The number of anilines is 1. The van der Waals surface area contributed by atoms with Crippen LogP contribution in [0.2, 0.25) is 0 Å². The van der Waals surface area contributed by atoms with Crippen LogP contribution in [0.5, 0.6) is 0 Å². The van der Waals surface area contributed by atoms with E-state index in [1.165, 1.54) is 0 Å². The number of nitrogens with one attached hydrogen (secondary N) is 2. The minimum absolute atomic E-state index is 0.0289. The van der Waals surface area contributed by atoms with Gasteiger partial charge in [0.25, 0.3) is 5.91 Å². The molecule has 27 heavy (non-hydrogen) atoms. The number of halogens is 2. The second kappa shape index (κ2) is 7.03. The van der Waals surface area contributed by atoms with Crippen LogP contribution < -0.4 is 10.6 Å². The Bertz CT molecular complexity index is 826. The van der Waals surface area contributed by atoms with Gasteiger partial charge in [0.1, 0.15) is 0 Å². The third kappa shape index (κ3) is 4.35. The van der Waals surface area contributed by atoms with Gasteiger partial charge in [0.2, 0.25) is 11.8 Å². The SMILES string of the molecule is Cc1cc(NC(=O)c2cccc([C@@H]3C[C@H]3NC3CCC(F)(F)CC3)c2)on1. The highest BCUT2D eigenvalue weighted by Crippen LogP contribution is 2.43. The van der Waals surface area contributed by atoms with Crippen LogP contribution in [0.25, 0.3) is 0 Å². The normalized spacial score (nSPS) is 24.6. The fourth-order valence-electron chi connectivity index (χ4n) is 3.77. The lowest BCUT2D eigenvalue weighted by molar-refractivity contribution is -0.0405. The molecule has 0 unspecified atom stereocenters. The average Bonchev–Trinajstić information content (AvgIpc) is 3.29. The van der Waals surface area contributed by atoms with Crippen LogP contribution in [0.15, 0.2) is 34.9 Å². The van der Waals surface area contributed by atoms with Crippen molar-refractivity contribution in [2.24, 2.45) is 0 Å². The molecule has 2 aliphatic carbocycles. The Kier molecular flexibility index (Phi) is 4.72. The molecule has 144 valence electrons. The quantitative estimate of drug-likeness (QED) is 0.819. The van der Waals surface area contributed by atoms with Crippen molar-refractivity contribution >= 4 is 11.8 Å². The summed E-state index contributed by atoms with van der Waals surface area (Å²) in [6.45, 7) is 1.79. The third-order valence-electron chi connectivity index (χ3n) is 5.40. The van der Waals surface area contributed by atoms with Crippen LogP contribution in [-0.4, -0.2) is 29.1 Å². The van der Waals surface area contributed by atoms with E-state index in [4.69, 9.17) is 4.52 Å². The molecule has 7 heteroatoms. The van der Waals surface area contributed by atoms with Gasteiger partial charge in [-0.1, -0.05) is 17.3 Å². The van der Waals surface area contributed by atoms with Gasteiger partial charge in [-0.3, -0.25) is 10.1 Å². The Labute approximate surface area is 156 Å². The van der Waals surface area contributed by atoms with E-state index in [0.29, 0.717) is 41.9 Å². The average molecular weight is 375 g/mol. The Morgan fingerprint density at radius 3 is 2.74 bits per heavy atom. The van der Waals surface area contributed by atoms with Gasteiger partial charge < -0.3 is 9.84 Å². The molecular weight excluding hydrogens is 352 g/mol. The molecule has 0 radical (unpaired) electrons. The van der Waals surface area contributed by atoms with Crippen molar-refractivity contribution in [3.8, 4) is 0 Å². The van der Waals surface area contributed by atoms with E-state index in [0.717, 1.165) is 12.0 Å². The maximum absolute atomic E-state index is 13.3. The zero-order valence-corrected chi connectivity index (χ0v) is 15.2. The number of aromatic nitrogens is 1. The Hall–Kier alpha value is -2.28. The number of rotatable bonds is 5. The summed E-state index contributed by atoms with van der Waals surface area (Å²) in [6, 6.07) is 9.66. The van der Waals surface area contributed by atoms with E-state index in [9.17, 15) is 13.6 Å². The molecule has 1 heterocycles. The highest BCUT2D eigenvalue weighted by atomic mass is 19.3. The Morgan fingerprint density at radius 1 is 1.26 bits per heavy atom. The molecule has 0 bridgehead atoms. The molecular formula is C20H23F2N3O2. The van der Waals surface area contributed by atoms with Crippen molar-refractivity contribution in [1.82, 2.24) is 10.5 Å². The van der Waals surface area contributed by atoms with Crippen molar-refractivity contribution < 1.29 is 18.1 Å². The van der Waals surface area contributed by atoms with E-state index >= 15 is 0 Å². The van der Waals surface area contributed by atoms with Gasteiger partial charge in [-0.25, -0.2) is 8.78 Å². The first-order valence-corrected chi connectivity index (χ1v) is 9.38. The number of nitrogens with zero attached hydrogens (tertiary/aromatic N) is 1. The number of aryl methyl sites for hydroxylation is 1. The van der Waals surface area contributed by atoms with Gasteiger partial charge in [0, 0.05) is 42.5 Å². The number of carbonyl (C=O) groups is 1. The molecule has 2 N–H and O–H groups in total. The first kappa shape index (κ1) is 18.1. The fraction of sp³-hybridized carbons (Fsp3) is 0.500. The van der Waals surface area contributed by atoms with E-state index in [1.54, 1.807) is 19.1 Å². The summed E-state index contributed by atoms with van der Waals surface area (Å²) in [5.41, 5.74) is 2.35. The zero-order valence-electron chi connectivity index (χ0n) is 15.2. The number of carbonyl (C=O) groups excluding carboxylic acids is 1. The van der Waals surface area contributed by atoms with Gasteiger partial charge >= 0.3 is 0 Å². The molecule has 5 nitrogen and oxygen atoms in total. The van der Waals surface area contributed by atoms with E-state index < -0.39 is 5.92 Å². The summed E-state index contributed by atoms with van der Waals surface area (Å²) in [5.74, 6) is -2.09. The largest absolute Gasteiger partial charge is 0.338 e. The van der Waals surface area contributed by atoms with Crippen molar-refractivity contribution in [2.45, 2.75) is 63.0 Å². The van der Waals surface area contributed by atoms with Gasteiger partial charge in [-0.2, -0.15) is 0 Å². The summed E-state index contributed by atoms with van der Waals surface area (Å²) in [5, 5.41) is 9.96. The molecule has 0 spiro atoms. The topological polar surface area (TPSA) is 67.2 Å². The molecule has 1 aromatic heterocycles. The van der Waals surface area contributed by atoms with Crippen molar-refractivity contribution in [3.63, 3.8) is 0 Å². The van der Waals surface area contributed by atoms with Gasteiger partial charge in [0.15, 0.2) is 0 Å². The number of hydrogen-bond donors (Lipinski definition) is 2. The predicted octanol–water partition coefficient (Wildman–Crippen LogP) is 4.26. The first-order valence-electron chi connectivity index (χ1n) is 9.38. The van der Waals surface area contributed by atoms with Crippen LogP contribution >= 0.6 is 0 Å². The third-order valence-corrected chi connectivity index (χ3v) is 5.40. The summed E-state index contributed by atoms with van der Waals surface area (Å²) in [4.78, 5) is 12.4. The van der Waals surface area contributed by atoms with E-state index in [2.05, 4.69) is 15.8 Å². The molecule has 1 aromatic carbocycles.